The van der Waals surface area contributed by atoms with Gasteiger partial charge in [0.15, 0.2) is 0 Å². The standard InChI is InChI=1S/C16H24N4O2/c1-4-20(5-2)15-12(7-6-8-17-15)10-18-16(22)13-9-14(21)19(3)11-13/h6-8,13H,4-5,9-11H2,1-3H3,(H,18,22)/t13-/m1/s1. The normalized spacial score (nSPS) is 17.7. The fourth-order valence-corrected chi connectivity index (χ4v) is 2.74. The first-order valence-corrected chi connectivity index (χ1v) is 7.77. The van der Waals surface area contributed by atoms with Crippen LogP contribution in [0.15, 0.2) is 18.3 Å². The van der Waals surface area contributed by atoms with Gasteiger partial charge in [0.1, 0.15) is 5.82 Å². The van der Waals surface area contributed by atoms with E-state index in [0.717, 1.165) is 24.5 Å². The zero-order chi connectivity index (χ0) is 16.1. The number of pyridine rings is 1. The highest BCUT2D eigenvalue weighted by molar-refractivity contribution is 5.89. The van der Waals surface area contributed by atoms with Crippen molar-refractivity contribution in [1.29, 1.82) is 0 Å². The summed E-state index contributed by atoms with van der Waals surface area (Å²) in [7, 11) is 1.73. The first-order chi connectivity index (χ1) is 10.6. The first-order valence-electron chi connectivity index (χ1n) is 7.77. The van der Waals surface area contributed by atoms with Gasteiger partial charge in [-0.3, -0.25) is 9.59 Å². The summed E-state index contributed by atoms with van der Waals surface area (Å²) in [6.45, 7) is 6.85. The molecule has 0 aliphatic carbocycles. The molecule has 2 heterocycles. The lowest BCUT2D eigenvalue weighted by Gasteiger charge is -2.23. The molecule has 1 aromatic heterocycles. The van der Waals surface area contributed by atoms with Crippen LogP contribution in [-0.2, 0) is 16.1 Å². The summed E-state index contributed by atoms with van der Waals surface area (Å²) in [5.41, 5.74) is 0.997. The molecule has 6 heteroatoms. The molecule has 0 aromatic carbocycles. The van der Waals surface area contributed by atoms with Crippen LogP contribution in [0.2, 0.25) is 0 Å². The van der Waals surface area contributed by atoms with Gasteiger partial charge in [0.2, 0.25) is 11.8 Å². The van der Waals surface area contributed by atoms with Crippen molar-refractivity contribution in [3.63, 3.8) is 0 Å². The van der Waals surface area contributed by atoms with Crippen molar-refractivity contribution in [2.45, 2.75) is 26.8 Å². The summed E-state index contributed by atoms with van der Waals surface area (Å²) in [6.07, 6.45) is 2.07. The smallest absolute Gasteiger partial charge is 0.225 e. The third kappa shape index (κ3) is 3.55. The Labute approximate surface area is 131 Å². The monoisotopic (exact) mass is 304 g/mol. The number of nitrogens with zero attached hydrogens (tertiary/aromatic N) is 3. The Hall–Kier alpha value is -2.11. The van der Waals surface area contributed by atoms with Gasteiger partial charge in [-0.2, -0.15) is 0 Å². The second-order valence-electron chi connectivity index (χ2n) is 5.55. The third-order valence-electron chi connectivity index (χ3n) is 4.10. The van der Waals surface area contributed by atoms with Crippen LogP contribution >= 0.6 is 0 Å². The van der Waals surface area contributed by atoms with Gasteiger partial charge >= 0.3 is 0 Å². The van der Waals surface area contributed by atoms with Crippen LogP contribution < -0.4 is 10.2 Å². The molecule has 1 aliphatic heterocycles. The van der Waals surface area contributed by atoms with Crippen LogP contribution in [0, 0.1) is 5.92 Å². The molecule has 0 bridgehead atoms. The van der Waals surface area contributed by atoms with Crippen molar-refractivity contribution in [3.05, 3.63) is 23.9 Å². The maximum atomic E-state index is 12.2. The molecule has 6 nitrogen and oxygen atoms in total. The van der Waals surface area contributed by atoms with Crippen molar-refractivity contribution in [3.8, 4) is 0 Å². The Kier molecular flexibility index (Phi) is 5.35. The van der Waals surface area contributed by atoms with Gasteiger partial charge < -0.3 is 15.1 Å². The molecule has 0 saturated carbocycles. The maximum absolute atomic E-state index is 12.2. The average Bonchev–Trinajstić information content (AvgIpc) is 2.87. The fourth-order valence-electron chi connectivity index (χ4n) is 2.74. The number of hydrogen-bond donors (Lipinski definition) is 1. The van der Waals surface area contributed by atoms with E-state index in [4.69, 9.17) is 0 Å². The summed E-state index contributed by atoms with van der Waals surface area (Å²) in [4.78, 5) is 31.9. The summed E-state index contributed by atoms with van der Waals surface area (Å²) in [6, 6.07) is 3.86. The van der Waals surface area contributed by atoms with Gasteiger partial charge in [0, 0.05) is 51.4 Å². The first kappa shape index (κ1) is 16.3. The van der Waals surface area contributed by atoms with E-state index >= 15 is 0 Å². The lowest BCUT2D eigenvalue weighted by molar-refractivity contribution is -0.128. The molecule has 1 atom stereocenters. The SMILES string of the molecule is CCN(CC)c1ncccc1CNC(=O)[C@@H]1CC(=O)N(C)C1. The van der Waals surface area contributed by atoms with Crippen LogP contribution in [-0.4, -0.2) is 48.4 Å². The quantitative estimate of drug-likeness (QED) is 0.852. The minimum Gasteiger partial charge on any atom is -0.357 e. The molecular formula is C16H24N4O2. The molecule has 22 heavy (non-hydrogen) atoms. The lowest BCUT2D eigenvalue weighted by atomic mass is 10.1. The van der Waals surface area contributed by atoms with E-state index < -0.39 is 0 Å². The van der Waals surface area contributed by atoms with Gasteiger partial charge in [0.05, 0.1) is 5.92 Å². The van der Waals surface area contributed by atoms with Gasteiger partial charge in [0.25, 0.3) is 0 Å². The van der Waals surface area contributed by atoms with E-state index in [1.54, 1.807) is 18.1 Å². The summed E-state index contributed by atoms with van der Waals surface area (Å²) < 4.78 is 0. The minimum absolute atomic E-state index is 0.0327. The van der Waals surface area contributed by atoms with Crippen molar-refractivity contribution < 1.29 is 9.59 Å². The zero-order valence-corrected chi connectivity index (χ0v) is 13.5. The zero-order valence-electron chi connectivity index (χ0n) is 13.5. The number of nitrogens with one attached hydrogen (secondary N) is 1. The Morgan fingerprint density at radius 2 is 2.18 bits per heavy atom. The molecule has 0 unspecified atom stereocenters. The number of carbonyl (C=O) groups excluding carboxylic acids is 2. The van der Waals surface area contributed by atoms with Crippen LogP contribution in [0.1, 0.15) is 25.8 Å². The number of rotatable bonds is 6. The fraction of sp³-hybridized carbons (Fsp3) is 0.562. The van der Waals surface area contributed by atoms with Crippen LogP contribution in [0.4, 0.5) is 5.82 Å². The van der Waals surface area contributed by atoms with E-state index in [-0.39, 0.29) is 17.7 Å². The van der Waals surface area contributed by atoms with Crippen LogP contribution in [0.5, 0.6) is 0 Å². The van der Waals surface area contributed by atoms with Gasteiger partial charge in [-0.15, -0.1) is 0 Å². The van der Waals surface area contributed by atoms with Crippen LogP contribution in [0.3, 0.4) is 0 Å². The third-order valence-corrected chi connectivity index (χ3v) is 4.10. The molecular weight excluding hydrogens is 280 g/mol. The highest BCUT2D eigenvalue weighted by Crippen LogP contribution is 2.18. The summed E-state index contributed by atoms with van der Waals surface area (Å²) in [5, 5.41) is 2.94. The number of hydrogen-bond acceptors (Lipinski definition) is 4. The molecule has 1 aromatic rings. The van der Waals surface area contributed by atoms with Crippen molar-refractivity contribution >= 4 is 17.6 Å². The Balaban J connectivity index is 2.00. The van der Waals surface area contributed by atoms with Crippen molar-refractivity contribution in [1.82, 2.24) is 15.2 Å². The largest absolute Gasteiger partial charge is 0.357 e. The number of anilines is 1. The van der Waals surface area contributed by atoms with E-state index in [0.29, 0.717) is 19.5 Å². The Morgan fingerprint density at radius 1 is 1.45 bits per heavy atom. The van der Waals surface area contributed by atoms with Gasteiger partial charge in [-0.05, 0) is 19.9 Å². The molecule has 0 spiro atoms. The average molecular weight is 304 g/mol. The van der Waals surface area contributed by atoms with E-state index in [2.05, 4.69) is 29.0 Å². The molecule has 1 N–H and O–H groups in total. The summed E-state index contributed by atoms with van der Waals surface area (Å²) >= 11 is 0. The molecule has 120 valence electrons. The maximum Gasteiger partial charge on any atom is 0.225 e. The van der Waals surface area contributed by atoms with E-state index in [1.807, 2.05) is 12.1 Å². The van der Waals surface area contributed by atoms with Gasteiger partial charge in [-0.25, -0.2) is 4.98 Å². The molecule has 1 aliphatic rings. The number of amides is 2. The highest BCUT2D eigenvalue weighted by Gasteiger charge is 2.31. The van der Waals surface area contributed by atoms with E-state index in [1.165, 1.54) is 0 Å². The molecule has 0 radical (unpaired) electrons. The number of carbonyl (C=O) groups is 2. The van der Waals surface area contributed by atoms with E-state index in [9.17, 15) is 9.59 Å². The number of likely N-dealkylation sites (tertiary alicyclic amines) is 1. The minimum atomic E-state index is -0.244. The molecule has 2 rings (SSSR count). The molecule has 1 fully saturated rings. The lowest BCUT2D eigenvalue weighted by Crippen LogP contribution is -2.33. The Bertz CT molecular complexity index is 543. The second-order valence-corrected chi connectivity index (χ2v) is 5.55. The topological polar surface area (TPSA) is 65.5 Å². The Morgan fingerprint density at radius 3 is 2.77 bits per heavy atom. The number of aromatic nitrogens is 1. The predicted octanol–water partition coefficient (Wildman–Crippen LogP) is 1.02. The summed E-state index contributed by atoms with van der Waals surface area (Å²) in [5.74, 6) is 0.635. The van der Waals surface area contributed by atoms with Crippen molar-refractivity contribution in [2.24, 2.45) is 5.92 Å². The molecule has 2 amide bonds. The van der Waals surface area contributed by atoms with Gasteiger partial charge in [-0.1, -0.05) is 6.07 Å². The molecule has 1 saturated heterocycles. The highest BCUT2D eigenvalue weighted by atomic mass is 16.2. The van der Waals surface area contributed by atoms with Crippen LogP contribution in [0.25, 0.3) is 0 Å². The van der Waals surface area contributed by atoms with Crippen molar-refractivity contribution in [2.75, 3.05) is 31.6 Å². The predicted molar refractivity (Wildman–Crippen MR) is 85.4 cm³/mol. The second kappa shape index (κ2) is 7.24.